The molecule has 114 valence electrons. The molecule has 0 aliphatic heterocycles. The number of anilines is 1. The summed E-state index contributed by atoms with van der Waals surface area (Å²) in [5.41, 5.74) is 3.12. The third-order valence-electron chi connectivity index (χ3n) is 3.32. The largest absolute Gasteiger partial charge is 0.366 e. The molecule has 22 heavy (non-hydrogen) atoms. The molecule has 0 aliphatic rings. The lowest BCUT2D eigenvalue weighted by molar-refractivity contribution is 0.425. The van der Waals surface area contributed by atoms with Crippen molar-refractivity contribution in [2.75, 3.05) is 5.32 Å². The second-order valence-electron chi connectivity index (χ2n) is 5.06. The Hall–Kier alpha value is -2.70. The SMILES string of the molecule is CCc1nn(C)cc1CNc1cc(-c2nc(C)no2)ccn1. The Morgan fingerprint density at radius 3 is 2.95 bits per heavy atom. The van der Waals surface area contributed by atoms with Crippen molar-refractivity contribution in [3.63, 3.8) is 0 Å². The molecule has 0 radical (unpaired) electrons. The molecular formula is C15H18N6O. The Balaban J connectivity index is 1.75. The summed E-state index contributed by atoms with van der Waals surface area (Å²) >= 11 is 0. The molecule has 0 aliphatic carbocycles. The van der Waals surface area contributed by atoms with Gasteiger partial charge in [-0.25, -0.2) is 4.98 Å². The van der Waals surface area contributed by atoms with Gasteiger partial charge in [0.2, 0.25) is 0 Å². The quantitative estimate of drug-likeness (QED) is 0.778. The van der Waals surface area contributed by atoms with E-state index in [1.54, 1.807) is 13.1 Å². The van der Waals surface area contributed by atoms with E-state index in [4.69, 9.17) is 4.52 Å². The maximum atomic E-state index is 5.18. The van der Waals surface area contributed by atoms with Gasteiger partial charge in [-0.2, -0.15) is 10.1 Å². The first-order chi connectivity index (χ1) is 10.7. The number of aromatic nitrogens is 5. The molecule has 3 rings (SSSR count). The molecule has 1 N–H and O–H groups in total. The molecule has 0 bridgehead atoms. The van der Waals surface area contributed by atoms with Gasteiger partial charge in [0, 0.05) is 37.1 Å². The molecule has 7 nitrogen and oxygen atoms in total. The van der Waals surface area contributed by atoms with E-state index >= 15 is 0 Å². The molecule has 0 aromatic carbocycles. The Bertz CT molecular complexity index is 776. The Kier molecular flexibility index (Phi) is 3.86. The van der Waals surface area contributed by atoms with E-state index < -0.39 is 0 Å². The maximum Gasteiger partial charge on any atom is 0.258 e. The van der Waals surface area contributed by atoms with Gasteiger partial charge in [-0.15, -0.1) is 0 Å². The van der Waals surface area contributed by atoms with Crippen molar-refractivity contribution < 1.29 is 4.52 Å². The highest BCUT2D eigenvalue weighted by Crippen LogP contribution is 2.19. The monoisotopic (exact) mass is 298 g/mol. The van der Waals surface area contributed by atoms with Gasteiger partial charge in [0.15, 0.2) is 5.82 Å². The highest BCUT2D eigenvalue weighted by Gasteiger charge is 2.09. The van der Waals surface area contributed by atoms with Gasteiger partial charge in [-0.3, -0.25) is 4.68 Å². The van der Waals surface area contributed by atoms with Crippen LogP contribution in [0.4, 0.5) is 5.82 Å². The van der Waals surface area contributed by atoms with E-state index in [0.29, 0.717) is 18.3 Å². The van der Waals surface area contributed by atoms with Crippen molar-refractivity contribution in [2.24, 2.45) is 7.05 Å². The normalized spacial score (nSPS) is 10.9. The van der Waals surface area contributed by atoms with Crippen LogP contribution in [0.3, 0.4) is 0 Å². The van der Waals surface area contributed by atoms with Gasteiger partial charge in [-0.1, -0.05) is 12.1 Å². The number of nitrogens with one attached hydrogen (secondary N) is 1. The smallest absolute Gasteiger partial charge is 0.258 e. The van der Waals surface area contributed by atoms with E-state index in [1.807, 2.05) is 30.1 Å². The second kappa shape index (κ2) is 5.97. The molecule has 0 saturated heterocycles. The minimum absolute atomic E-state index is 0.499. The molecule has 3 aromatic heterocycles. The number of rotatable bonds is 5. The van der Waals surface area contributed by atoms with Gasteiger partial charge in [-0.05, 0) is 25.5 Å². The number of hydrogen-bond acceptors (Lipinski definition) is 6. The number of pyridine rings is 1. The van der Waals surface area contributed by atoms with Crippen LogP contribution >= 0.6 is 0 Å². The van der Waals surface area contributed by atoms with Crippen LogP contribution in [0.1, 0.15) is 24.0 Å². The van der Waals surface area contributed by atoms with E-state index in [9.17, 15) is 0 Å². The van der Waals surface area contributed by atoms with Crippen molar-refractivity contribution in [1.82, 2.24) is 24.9 Å². The van der Waals surface area contributed by atoms with Crippen LogP contribution in [0, 0.1) is 6.92 Å². The predicted octanol–water partition coefficient (Wildman–Crippen LogP) is 2.35. The summed E-state index contributed by atoms with van der Waals surface area (Å²) in [6.07, 6.45) is 4.66. The highest BCUT2D eigenvalue weighted by molar-refractivity contribution is 5.57. The summed E-state index contributed by atoms with van der Waals surface area (Å²) in [5.74, 6) is 1.88. The van der Waals surface area contributed by atoms with E-state index in [0.717, 1.165) is 23.5 Å². The third-order valence-corrected chi connectivity index (χ3v) is 3.32. The van der Waals surface area contributed by atoms with Crippen molar-refractivity contribution in [3.05, 3.63) is 41.6 Å². The summed E-state index contributed by atoms with van der Waals surface area (Å²) in [7, 11) is 1.93. The first-order valence-electron chi connectivity index (χ1n) is 7.17. The summed E-state index contributed by atoms with van der Waals surface area (Å²) in [6, 6.07) is 3.74. The van der Waals surface area contributed by atoms with Gasteiger partial charge in [0.25, 0.3) is 5.89 Å². The number of hydrogen-bond donors (Lipinski definition) is 1. The van der Waals surface area contributed by atoms with Crippen LogP contribution < -0.4 is 5.32 Å². The Morgan fingerprint density at radius 2 is 2.23 bits per heavy atom. The highest BCUT2D eigenvalue weighted by atomic mass is 16.5. The van der Waals surface area contributed by atoms with Crippen LogP contribution in [0.25, 0.3) is 11.5 Å². The molecule has 3 heterocycles. The maximum absolute atomic E-state index is 5.18. The fraction of sp³-hybridized carbons (Fsp3) is 0.333. The zero-order valence-electron chi connectivity index (χ0n) is 12.9. The first-order valence-corrected chi connectivity index (χ1v) is 7.17. The van der Waals surface area contributed by atoms with Crippen LogP contribution in [0.15, 0.2) is 29.0 Å². The van der Waals surface area contributed by atoms with E-state index in [2.05, 4.69) is 32.5 Å². The lowest BCUT2D eigenvalue weighted by Crippen LogP contribution is -2.02. The summed E-state index contributed by atoms with van der Waals surface area (Å²) in [5, 5.41) is 11.5. The van der Waals surface area contributed by atoms with Crippen molar-refractivity contribution in [2.45, 2.75) is 26.8 Å². The lowest BCUT2D eigenvalue weighted by atomic mass is 10.2. The number of nitrogens with zero attached hydrogens (tertiary/aromatic N) is 5. The van der Waals surface area contributed by atoms with Crippen molar-refractivity contribution in [3.8, 4) is 11.5 Å². The topological polar surface area (TPSA) is 81.7 Å². The minimum Gasteiger partial charge on any atom is -0.366 e. The second-order valence-corrected chi connectivity index (χ2v) is 5.06. The molecule has 0 amide bonds. The van der Waals surface area contributed by atoms with Crippen molar-refractivity contribution >= 4 is 5.82 Å². The fourth-order valence-electron chi connectivity index (χ4n) is 2.29. The van der Waals surface area contributed by atoms with Crippen LogP contribution in [-0.2, 0) is 20.0 Å². The first kappa shape index (κ1) is 14.2. The van der Waals surface area contributed by atoms with Crippen LogP contribution in [-0.4, -0.2) is 24.9 Å². The van der Waals surface area contributed by atoms with Crippen molar-refractivity contribution in [1.29, 1.82) is 0 Å². The molecule has 7 heteroatoms. The standard InChI is InChI=1S/C15H18N6O/c1-4-13-12(9-21(3)19-13)8-17-14-7-11(5-6-16-14)15-18-10(2)20-22-15/h5-7,9H,4,8H2,1-3H3,(H,16,17). The molecule has 3 aromatic rings. The third kappa shape index (κ3) is 2.98. The van der Waals surface area contributed by atoms with Crippen LogP contribution in [0.5, 0.6) is 0 Å². The predicted molar refractivity (Wildman–Crippen MR) is 82.2 cm³/mol. The van der Waals surface area contributed by atoms with Gasteiger partial charge in [0.05, 0.1) is 5.69 Å². The molecule has 0 saturated carbocycles. The fourth-order valence-corrected chi connectivity index (χ4v) is 2.29. The Labute approximate surface area is 128 Å². The molecule has 0 fully saturated rings. The van der Waals surface area contributed by atoms with E-state index in [1.165, 1.54) is 5.56 Å². The zero-order chi connectivity index (χ0) is 15.5. The Morgan fingerprint density at radius 1 is 1.36 bits per heavy atom. The molecular weight excluding hydrogens is 280 g/mol. The van der Waals surface area contributed by atoms with Crippen LogP contribution in [0.2, 0.25) is 0 Å². The average molecular weight is 298 g/mol. The zero-order valence-corrected chi connectivity index (χ0v) is 12.9. The lowest BCUT2D eigenvalue weighted by Gasteiger charge is -2.05. The van der Waals surface area contributed by atoms with Gasteiger partial charge >= 0.3 is 0 Å². The minimum atomic E-state index is 0.499. The molecule has 0 spiro atoms. The van der Waals surface area contributed by atoms with Gasteiger partial charge in [0.1, 0.15) is 5.82 Å². The van der Waals surface area contributed by atoms with Gasteiger partial charge < -0.3 is 9.84 Å². The number of aryl methyl sites for hydroxylation is 3. The van der Waals surface area contributed by atoms with E-state index in [-0.39, 0.29) is 0 Å². The summed E-state index contributed by atoms with van der Waals surface area (Å²) in [4.78, 5) is 8.55. The molecule has 0 atom stereocenters. The molecule has 0 unspecified atom stereocenters. The summed E-state index contributed by atoms with van der Waals surface area (Å²) < 4.78 is 7.01. The average Bonchev–Trinajstić information content (AvgIpc) is 3.11. The summed E-state index contributed by atoms with van der Waals surface area (Å²) in [6.45, 7) is 4.57.